The molecule has 5 N–H and O–H groups in total. The molecule has 0 heterocycles. The fourth-order valence-electron chi connectivity index (χ4n) is 0.767. The van der Waals surface area contributed by atoms with Gasteiger partial charge in [-0.3, -0.25) is 9.59 Å². The number of carbonyl (C=O) groups is 2. The van der Waals surface area contributed by atoms with Crippen LogP contribution in [0.5, 0.6) is 0 Å². The van der Waals surface area contributed by atoms with Gasteiger partial charge in [0.15, 0.2) is 0 Å². The Labute approximate surface area is 88.0 Å². The number of amides is 2. The Balaban J connectivity index is 3.88. The molecule has 82 valence electrons. The van der Waals surface area contributed by atoms with Crippen molar-refractivity contribution in [2.75, 3.05) is 12.0 Å². The second-order valence-electron chi connectivity index (χ2n) is 3.02. The third-order valence-electron chi connectivity index (χ3n) is 1.76. The van der Waals surface area contributed by atoms with Crippen LogP contribution in [0.1, 0.15) is 13.3 Å². The van der Waals surface area contributed by atoms with Crippen molar-refractivity contribution < 1.29 is 9.59 Å². The SMILES string of the molecule is CSCC[C@H](N)C(=O)NC(C)C(N)=O. The molecule has 0 saturated carbocycles. The van der Waals surface area contributed by atoms with Crippen molar-refractivity contribution in [3.63, 3.8) is 0 Å². The van der Waals surface area contributed by atoms with E-state index in [1.165, 1.54) is 6.92 Å². The fourth-order valence-corrected chi connectivity index (χ4v) is 1.26. The third-order valence-corrected chi connectivity index (χ3v) is 2.40. The first-order chi connectivity index (χ1) is 6.49. The monoisotopic (exact) mass is 219 g/mol. The Kier molecular flexibility index (Phi) is 6.31. The van der Waals surface area contributed by atoms with Crippen molar-refractivity contribution in [2.45, 2.75) is 25.4 Å². The van der Waals surface area contributed by atoms with E-state index in [1.54, 1.807) is 11.8 Å². The largest absolute Gasteiger partial charge is 0.368 e. The van der Waals surface area contributed by atoms with Gasteiger partial charge in [-0.2, -0.15) is 11.8 Å². The molecular weight excluding hydrogens is 202 g/mol. The minimum absolute atomic E-state index is 0.328. The lowest BCUT2D eigenvalue weighted by atomic mass is 10.2. The average Bonchev–Trinajstić information content (AvgIpc) is 2.13. The Morgan fingerprint density at radius 3 is 2.50 bits per heavy atom. The van der Waals surface area contributed by atoms with Crippen molar-refractivity contribution in [3.05, 3.63) is 0 Å². The molecule has 0 aromatic heterocycles. The number of thioether (sulfide) groups is 1. The first kappa shape index (κ1) is 13.2. The molecule has 2 amide bonds. The molecule has 0 fully saturated rings. The van der Waals surface area contributed by atoms with Crippen molar-refractivity contribution in [1.82, 2.24) is 5.32 Å². The van der Waals surface area contributed by atoms with Crippen LogP contribution in [0.25, 0.3) is 0 Å². The van der Waals surface area contributed by atoms with Gasteiger partial charge in [0.2, 0.25) is 11.8 Å². The van der Waals surface area contributed by atoms with E-state index in [0.29, 0.717) is 6.42 Å². The average molecular weight is 219 g/mol. The lowest BCUT2D eigenvalue weighted by molar-refractivity contribution is -0.127. The number of rotatable bonds is 6. The first-order valence-corrected chi connectivity index (χ1v) is 5.72. The Hall–Kier alpha value is -0.750. The highest BCUT2D eigenvalue weighted by Crippen LogP contribution is 1.98. The van der Waals surface area contributed by atoms with Crippen LogP contribution in [0.4, 0.5) is 0 Å². The molecule has 0 aliphatic carbocycles. The zero-order valence-corrected chi connectivity index (χ0v) is 9.26. The summed E-state index contributed by atoms with van der Waals surface area (Å²) in [7, 11) is 0. The number of carbonyl (C=O) groups excluding carboxylic acids is 2. The number of primary amides is 1. The van der Waals surface area contributed by atoms with E-state index in [1.807, 2.05) is 6.26 Å². The zero-order valence-electron chi connectivity index (χ0n) is 8.45. The summed E-state index contributed by atoms with van der Waals surface area (Å²) in [5.74, 6) is -0.0692. The highest BCUT2D eigenvalue weighted by Gasteiger charge is 2.17. The minimum Gasteiger partial charge on any atom is -0.368 e. The molecule has 0 spiro atoms. The molecule has 5 nitrogen and oxygen atoms in total. The van der Waals surface area contributed by atoms with Gasteiger partial charge in [-0.05, 0) is 25.4 Å². The summed E-state index contributed by atoms with van der Waals surface area (Å²) in [5, 5.41) is 2.44. The molecule has 0 aliphatic rings. The van der Waals surface area contributed by atoms with E-state index < -0.39 is 18.0 Å². The maximum atomic E-state index is 11.3. The highest BCUT2D eigenvalue weighted by molar-refractivity contribution is 7.98. The number of hydrogen-bond acceptors (Lipinski definition) is 4. The lowest BCUT2D eigenvalue weighted by Crippen LogP contribution is -2.49. The third kappa shape index (κ3) is 5.08. The van der Waals surface area contributed by atoms with Gasteiger partial charge in [-0.25, -0.2) is 0 Å². The number of hydrogen-bond donors (Lipinski definition) is 3. The summed E-state index contributed by atoms with van der Waals surface area (Å²) in [4.78, 5) is 21.9. The molecule has 1 unspecified atom stereocenters. The summed E-state index contributed by atoms with van der Waals surface area (Å²) in [6.07, 6.45) is 2.54. The van der Waals surface area contributed by atoms with Gasteiger partial charge in [0.1, 0.15) is 6.04 Å². The van der Waals surface area contributed by atoms with E-state index in [9.17, 15) is 9.59 Å². The van der Waals surface area contributed by atoms with Crippen molar-refractivity contribution in [1.29, 1.82) is 0 Å². The van der Waals surface area contributed by atoms with Gasteiger partial charge in [0, 0.05) is 0 Å². The smallest absolute Gasteiger partial charge is 0.239 e. The lowest BCUT2D eigenvalue weighted by Gasteiger charge is -2.14. The number of nitrogens with one attached hydrogen (secondary N) is 1. The molecule has 0 aromatic carbocycles. The molecule has 2 atom stereocenters. The van der Waals surface area contributed by atoms with Crippen LogP contribution >= 0.6 is 11.8 Å². The molecule has 14 heavy (non-hydrogen) atoms. The summed E-state index contributed by atoms with van der Waals surface area (Å²) in [5.41, 5.74) is 10.6. The maximum absolute atomic E-state index is 11.3. The second-order valence-corrected chi connectivity index (χ2v) is 4.01. The molecule has 0 rings (SSSR count). The van der Waals surface area contributed by atoms with Crippen LogP contribution in [0, 0.1) is 0 Å². The second kappa shape index (κ2) is 6.67. The topological polar surface area (TPSA) is 98.2 Å². The van der Waals surface area contributed by atoms with Gasteiger partial charge in [0.25, 0.3) is 0 Å². The van der Waals surface area contributed by atoms with Gasteiger partial charge < -0.3 is 16.8 Å². The zero-order chi connectivity index (χ0) is 11.1. The van der Waals surface area contributed by atoms with Crippen molar-refractivity contribution in [3.8, 4) is 0 Å². The van der Waals surface area contributed by atoms with Gasteiger partial charge in [0.05, 0.1) is 6.04 Å². The Morgan fingerprint density at radius 2 is 2.07 bits per heavy atom. The predicted molar refractivity (Wildman–Crippen MR) is 57.8 cm³/mol. The van der Waals surface area contributed by atoms with E-state index >= 15 is 0 Å². The Morgan fingerprint density at radius 1 is 1.50 bits per heavy atom. The first-order valence-electron chi connectivity index (χ1n) is 4.33. The van der Waals surface area contributed by atoms with Crippen LogP contribution < -0.4 is 16.8 Å². The van der Waals surface area contributed by atoms with E-state index in [0.717, 1.165) is 5.75 Å². The molecule has 0 aliphatic heterocycles. The number of nitrogens with two attached hydrogens (primary N) is 2. The van der Waals surface area contributed by atoms with Gasteiger partial charge >= 0.3 is 0 Å². The standard InChI is InChI=1S/C8H17N3O2S/c1-5(7(10)12)11-8(13)6(9)3-4-14-2/h5-6H,3-4,9H2,1-2H3,(H2,10,12)(H,11,13)/t5?,6-/m0/s1. The molecule has 0 aromatic rings. The molecule has 0 saturated heterocycles. The van der Waals surface area contributed by atoms with Crippen LogP contribution in [-0.4, -0.2) is 35.9 Å². The normalized spacial score (nSPS) is 14.5. The quantitative estimate of drug-likeness (QED) is 0.537. The van der Waals surface area contributed by atoms with Gasteiger partial charge in [-0.1, -0.05) is 0 Å². The predicted octanol–water partition coefficient (Wildman–Crippen LogP) is -0.943. The summed E-state index contributed by atoms with van der Waals surface area (Å²) in [6.45, 7) is 1.53. The summed E-state index contributed by atoms with van der Waals surface area (Å²) in [6, 6.07) is -1.23. The van der Waals surface area contributed by atoms with E-state index in [2.05, 4.69) is 5.32 Å². The minimum atomic E-state index is -0.664. The molecule has 0 bridgehead atoms. The van der Waals surface area contributed by atoms with Crippen molar-refractivity contribution >= 4 is 23.6 Å². The van der Waals surface area contributed by atoms with Crippen LogP contribution in [0.3, 0.4) is 0 Å². The van der Waals surface area contributed by atoms with E-state index in [-0.39, 0.29) is 5.91 Å². The fraction of sp³-hybridized carbons (Fsp3) is 0.750. The van der Waals surface area contributed by atoms with Crippen LogP contribution in [-0.2, 0) is 9.59 Å². The highest BCUT2D eigenvalue weighted by atomic mass is 32.2. The maximum Gasteiger partial charge on any atom is 0.239 e. The van der Waals surface area contributed by atoms with Gasteiger partial charge in [-0.15, -0.1) is 0 Å². The van der Waals surface area contributed by atoms with Crippen molar-refractivity contribution in [2.24, 2.45) is 11.5 Å². The van der Waals surface area contributed by atoms with Crippen LogP contribution in [0.15, 0.2) is 0 Å². The van der Waals surface area contributed by atoms with E-state index in [4.69, 9.17) is 11.5 Å². The molecule has 0 radical (unpaired) electrons. The van der Waals surface area contributed by atoms with Crippen LogP contribution in [0.2, 0.25) is 0 Å². The molecule has 6 heteroatoms. The summed E-state index contributed by atoms with van der Waals surface area (Å²) < 4.78 is 0. The molecular formula is C8H17N3O2S. The summed E-state index contributed by atoms with van der Waals surface area (Å²) >= 11 is 1.62. The Bertz CT molecular complexity index is 211.